The molecule has 1 aliphatic carbocycles. The predicted octanol–water partition coefficient (Wildman–Crippen LogP) is 5.22. The third-order valence-electron chi connectivity index (χ3n) is 6.02. The molecule has 1 fully saturated rings. The molecular formula is C21H36NO5PS. The van der Waals surface area contributed by atoms with Crippen molar-refractivity contribution in [1.29, 1.82) is 0 Å². The summed E-state index contributed by atoms with van der Waals surface area (Å²) in [5, 5.41) is 0. The van der Waals surface area contributed by atoms with Crippen molar-refractivity contribution in [1.82, 2.24) is 0 Å². The summed E-state index contributed by atoms with van der Waals surface area (Å²) < 4.78 is 15.5. The van der Waals surface area contributed by atoms with Crippen LogP contribution in [-0.4, -0.2) is 27.7 Å². The first kappa shape index (κ1) is 24.7. The summed E-state index contributed by atoms with van der Waals surface area (Å²) in [6.07, 6.45) is 12.6. The van der Waals surface area contributed by atoms with Crippen molar-refractivity contribution in [2.24, 2.45) is 11.7 Å². The molecule has 1 atom stereocenters. The fraction of sp³-hybridized carbons (Fsp3) is 0.762. The number of carbonyl (C=O) groups is 1. The number of hydrogen-bond donors (Lipinski definition) is 3. The first-order valence-corrected chi connectivity index (χ1v) is 13.2. The van der Waals surface area contributed by atoms with Gasteiger partial charge >= 0.3 is 7.82 Å². The zero-order chi connectivity index (χ0) is 21.3. The Kier molecular flexibility index (Phi) is 9.99. The molecule has 29 heavy (non-hydrogen) atoms. The summed E-state index contributed by atoms with van der Waals surface area (Å²) in [6, 6.07) is 3.85. The number of Topliss-reactive ketones (excluding diaryl/α,β-unsaturated/α-hetero) is 1. The second-order valence-electron chi connectivity index (χ2n) is 8.42. The van der Waals surface area contributed by atoms with Gasteiger partial charge in [0.1, 0.15) is 0 Å². The van der Waals surface area contributed by atoms with Gasteiger partial charge in [-0.2, -0.15) is 0 Å². The van der Waals surface area contributed by atoms with Crippen LogP contribution in [0.4, 0.5) is 0 Å². The van der Waals surface area contributed by atoms with E-state index < -0.39 is 13.4 Å². The number of carbonyl (C=O) groups excluding carboxylic acids is 1. The maximum Gasteiger partial charge on any atom is 0.469 e. The number of thiophene rings is 1. The minimum Gasteiger partial charge on any atom is -0.323 e. The van der Waals surface area contributed by atoms with Crippen LogP contribution in [0.15, 0.2) is 12.1 Å². The Morgan fingerprint density at radius 1 is 1.28 bits per heavy atom. The molecule has 0 saturated heterocycles. The van der Waals surface area contributed by atoms with Crippen molar-refractivity contribution in [3.05, 3.63) is 21.9 Å². The van der Waals surface area contributed by atoms with E-state index in [1.807, 2.05) is 19.1 Å². The molecule has 1 saturated carbocycles. The lowest BCUT2D eigenvalue weighted by molar-refractivity contribution is 0.0982. The highest BCUT2D eigenvalue weighted by molar-refractivity contribution is 7.46. The van der Waals surface area contributed by atoms with E-state index in [0.717, 1.165) is 28.5 Å². The molecule has 1 unspecified atom stereocenters. The fourth-order valence-corrected chi connectivity index (χ4v) is 5.32. The van der Waals surface area contributed by atoms with Gasteiger partial charge in [-0.15, -0.1) is 11.3 Å². The van der Waals surface area contributed by atoms with Crippen molar-refractivity contribution in [2.45, 2.75) is 89.5 Å². The SMILES string of the molecule is CCC(N)(CCc1ccc(C(=O)CCCCC2CCCCC2)s1)COP(=O)(O)O. The van der Waals surface area contributed by atoms with Gasteiger partial charge in [0.25, 0.3) is 0 Å². The van der Waals surface area contributed by atoms with Gasteiger partial charge in [0.05, 0.1) is 11.5 Å². The molecule has 0 aliphatic heterocycles. The van der Waals surface area contributed by atoms with Gasteiger partial charge < -0.3 is 15.5 Å². The topological polar surface area (TPSA) is 110 Å². The summed E-state index contributed by atoms with van der Waals surface area (Å²) in [6.45, 7) is 1.69. The van der Waals surface area contributed by atoms with Crippen LogP contribution in [0, 0.1) is 5.92 Å². The molecule has 0 radical (unpaired) electrons. The minimum absolute atomic E-state index is 0.189. The Hall–Kier alpha value is -0.560. The number of nitrogens with two attached hydrogens (primary N) is 1. The van der Waals surface area contributed by atoms with Crippen LogP contribution in [0.25, 0.3) is 0 Å². The van der Waals surface area contributed by atoms with Crippen LogP contribution in [-0.2, 0) is 15.5 Å². The molecule has 1 aromatic rings. The van der Waals surface area contributed by atoms with Crippen molar-refractivity contribution in [2.75, 3.05) is 6.61 Å². The maximum atomic E-state index is 12.5. The lowest BCUT2D eigenvalue weighted by Gasteiger charge is -2.27. The summed E-state index contributed by atoms with van der Waals surface area (Å²) in [5.74, 6) is 1.08. The van der Waals surface area contributed by atoms with Gasteiger partial charge in [-0.1, -0.05) is 51.9 Å². The third kappa shape index (κ3) is 9.41. The lowest BCUT2D eigenvalue weighted by atomic mass is 9.85. The number of hydrogen-bond acceptors (Lipinski definition) is 5. The minimum atomic E-state index is -4.53. The number of rotatable bonds is 13. The van der Waals surface area contributed by atoms with Crippen LogP contribution in [0.5, 0.6) is 0 Å². The van der Waals surface area contributed by atoms with E-state index in [9.17, 15) is 9.36 Å². The highest BCUT2D eigenvalue weighted by Gasteiger charge is 2.27. The zero-order valence-electron chi connectivity index (χ0n) is 17.5. The Bertz CT molecular complexity index is 682. The second-order valence-corrected chi connectivity index (χ2v) is 10.8. The molecule has 166 valence electrons. The largest absolute Gasteiger partial charge is 0.469 e. The first-order valence-electron chi connectivity index (χ1n) is 10.8. The van der Waals surface area contributed by atoms with Crippen LogP contribution in [0.1, 0.15) is 92.1 Å². The summed E-state index contributed by atoms with van der Waals surface area (Å²) in [5.41, 5.74) is 5.43. The average molecular weight is 446 g/mol. The average Bonchev–Trinajstić information content (AvgIpc) is 3.18. The number of aryl methyl sites for hydroxylation is 1. The quantitative estimate of drug-likeness (QED) is 0.218. The monoisotopic (exact) mass is 445 g/mol. The van der Waals surface area contributed by atoms with Crippen molar-refractivity contribution < 1.29 is 23.7 Å². The molecule has 0 aromatic carbocycles. The Labute approximate surface area is 178 Å². The Balaban J connectivity index is 1.72. The normalized spacial score (nSPS) is 17.9. The van der Waals surface area contributed by atoms with Crippen molar-refractivity contribution in [3.8, 4) is 0 Å². The summed E-state index contributed by atoms with van der Waals surface area (Å²) in [7, 11) is -4.53. The van der Waals surface area contributed by atoms with Crippen molar-refractivity contribution in [3.63, 3.8) is 0 Å². The van der Waals surface area contributed by atoms with E-state index in [2.05, 4.69) is 4.52 Å². The summed E-state index contributed by atoms with van der Waals surface area (Å²) >= 11 is 1.50. The molecule has 6 nitrogen and oxygen atoms in total. The molecule has 1 aromatic heterocycles. The highest BCUT2D eigenvalue weighted by atomic mass is 32.1. The zero-order valence-corrected chi connectivity index (χ0v) is 19.2. The Morgan fingerprint density at radius 3 is 2.66 bits per heavy atom. The molecule has 4 N–H and O–H groups in total. The molecule has 1 heterocycles. The molecule has 0 amide bonds. The van der Waals surface area contributed by atoms with E-state index in [0.29, 0.717) is 25.7 Å². The molecular weight excluding hydrogens is 409 g/mol. The number of phosphoric acid groups is 1. The van der Waals surface area contributed by atoms with Crippen LogP contribution in [0.2, 0.25) is 0 Å². The van der Waals surface area contributed by atoms with E-state index in [-0.39, 0.29) is 12.4 Å². The van der Waals surface area contributed by atoms with E-state index in [1.54, 1.807) is 0 Å². The first-order chi connectivity index (χ1) is 13.7. The van der Waals surface area contributed by atoms with Crippen LogP contribution < -0.4 is 5.73 Å². The standard InChI is InChI=1S/C21H36NO5PS/c1-2-21(22,16-27-28(24,25)26)15-14-18-12-13-20(29-18)19(23)11-7-6-10-17-8-4-3-5-9-17/h12-13,17H,2-11,14-16,22H2,1H3,(H2,24,25,26). The molecule has 8 heteroatoms. The van der Waals surface area contributed by atoms with E-state index in [1.165, 1.54) is 49.9 Å². The number of phosphoric ester groups is 1. The van der Waals surface area contributed by atoms with Gasteiger partial charge in [0.15, 0.2) is 5.78 Å². The van der Waals surface area contributed by atoms with Crippen molar-refractivity contribution >= 4 is 24.9 Å². The van der Waals surface area contributed by atoms with Gasteiger partial charge in [-0.05, 0) is 43.7 Å². The highest BCUT2D eigenvalue weighted by Crippen LogP contribution is 2.37. The van der Waals surface area contributed by atoms with Gasteiger partial charge in [-0.3, -0.25) is 9.32 Å². The van der Waals surface area contributed by atoms with E-state index in [4.69, 9.17) is 15.5 Å². The molecule has 0 bridgehead atoms. The molecule has 0 spiro atoms. The lowest BCUT2D eigenvalue weighted by Crippen LogP contribution is -2.44. The fourth-order valence-electron chi connectivity index (χ4n) is 3.92. The maximum absolute atomic E-state index is 12.5. The smallest absolute Gasteiger partial charge is 0.323 e. The number of unbranched alkanes of at least 4 members (excludes halogenated alkanes) is 1. The second kappa shape index (κ2) is 11.7. The molecule has 1 aliphatic rings. The Morgan fingerprint density at radius 2 is 2.00 bits per heavy atom. The third-order valence-corrected chi connectivity index (χ3v) is 7.67. The predicted molar refractivity (Wildman–Crippen MR) is 117 cm³/mol. The molecule has 2 rings (SSSR count). The summed E-state index contributed by atoms with van der Waals surface area (Å²) in [4.78, 5) is 32.1. The van der Waals surface area contributed by atoms with Gasteiger partial charge in [0.2, 0.25) is 0 Å². The van der Waals surface area contributed by atoms with Crippen LogP contribution in [0.3, 0.4) is 0 Å². The van der Waals surface area contributed by atoms with Gasteiger partial charge in [0, 0.05) is 16.8 Å². The van der Waals surface area contributed by atoms with Gasteiger partial charge in [-0.25, -0.2) is 4.57 Å². The van der Waals surface area contributed by atoms with Crippen LogP contribution >= 0.6 is 19.2 Å². The van der Waals surface area contributed by atoms with E-state index >= 15 is 0 Å². The number of ketones is 1.